The third-order valence-corrected chi connectivity index (χ3v) is 5.63. The first-order valence-corrected chi connectivity index (χ1v) is 11.1. The molecule has 4 rings (SSSR count). The predicted octanol–water partition coefficient (Wildman–Crippen LogP) is 3.29. The lowest BCUT2D eigenvalue weighted by molar-refractivity contribution is 0.103. The summed E-state index contributed by atoms with van der Waals surface area (Å²) in [5.41, 5.74) is 14.9. The van der Waals surface area contributed by atoms with Crippen LogP contribution in [0.4, 0.5) is 20.4 Å². The molecule has 0 radical (unpaired) electrons. The molecule has 1 unspecified atom stereocenters. The number of halogens is 2. The van der Waals surface area contributed by atoms with Crippen LogP contribution in [-0.4, -0.2) is 27.8 Å². The first-order valence-electron chi connectivity index (χ1n) is 11.1. The van der Waals surface area contributed by atoms with Crippen molar-refractivity contribution in [3.05, 3.63) is 101 Å². The van der Waals surface area contributed by atoms with Crippen molar-refractivity contribution in [3.8, 4) is 17.2 Å². The second-order valence-electron chi connectivity index (χ2n) is 8.04. The minimum Gasteiger partial charge on any atom is -0.383 e. The maximum atomic E-state index is 13.7. The minimum absolute atomic E-state index is 0.0877. The van der Waals surface area contributed by atoms with E-state index in [1.807, 2.05) is 36.4 Å². The number of ketones is 1. The summed E-state index contributed by atoms with van der Waals surface area (Å²) in [5, 5.41) is 15.1. The summed E-state index contributed by atoms with van der Waals surface area (Å²) in [6.45, 7) is 0.273. The van der Waals surface area contributed by atoms with Crippen LogP contribution < -0.4 is 22.1 Å². The van der Waals surface area contributed by atoms with Crippen molar-refractivity contribution in [1.29, 1.82) is 5.26 Å². The Morgan fingerprint density at radius 1 is 1.05 bits per heavy atom. The van der Waals surface area contributed by atoms with Gasteiger partial charge in [-0.05, 0) is 42.4 Å². The summed E-state index contributed by atoms with van der Waals surface area (Å²) in [6.07, 6.45) is 2.43. The summed E-state index contributed by atoms with van der Waals surface area (Å²) >= 11 is 0. The van der Waals surface area contributed by atoms with Gasteiger partial charge in [-0.3, -0.25) is 4.79 Å². The summed E-state index contributed by atoms with van der Waals surface area (Å²) < 4.78 is 27.0. The molecule has 186 valence electrons. The third kappa shape index (κ3) is 5.56. The molecule has 0 aliphatic rings. The minimum atomic E-state index is -1.17. The highest BCUT2D eigenvalue weighted by Gasteiger charge is 2.19. The van der Waals surface area contributed by atoms with Crippen LogP contribution in [-0.2, 0) is 6.54 Å². The van der Waals surface area contributed by atoms with E-state index in [1.165, 1.54) is 6.20 Å². The van der Waals surface area contributed by atoms with E-state index < -0.39 is 23.6 Å². The van der Waals surface area contributed by atoms with Crippen molar-refractivity contribution in [2.24, 2.45) is 5.73 Å². The molecule has 0 bridgehead atoms. The molecule has 0 saturated heterocycles. The van der Waals surface area contributed by atoms with Crippen molar-refractivity contribution in [3.63, 3.8) is 0 Å². The van der Waals surface area contributed by atoms with E-state index in [1.54, 1.807) is 13.2 Å². The van der Waals surface area contributed by atoms with E-state index in [0.717, 1.165) is 34.9 Å². The van der Waals surface area contributed by atoms with E-state index in [2.05, 4.69) is 25.6 Å². The van der Waals surface area contributed by atoms with E-state index in [-0.39, 0.29) is 29.3 Å². The molecule has 6 N–H and O–H groups in total. The monoisotopic (exact) mass is 500 g/mol. The predicted molar refractivity (Wildman–Crippen MR) is 134 cm³/mol. The number of nitrogen functional groups attached to an aromatic ring is 1. The number of nitriles is 1. The quantitative estimate of drug-likeness (QED) is 0.211. The molecule has 2 heterocycles. The summed E-state index contributed by atoms with van der Waals surface area (Å²) in [4.78, 5) is 25.4. The van der Waals surface area contributed by atoms with Crippen molar-refractivity contribution < 1.29 is 13.6 Å². The Labute approximate surface area is 211 Å². The highest BCUT2D eigenvalue weighted by Crippen LogP contribution is 2.25. The Balaban J connectivity index is 1.55. The molecule has 0 fully saturated rings. The van der Waals surface area contributed by atoms with Crippen molar-refractivity contribution in [2.75, 3.05) is 18.1 Å². The highest BCUT2D eigenvalue weighted by molar-refractivity contribution is 6.10. The van der Waals surface area contributed by atoms with E-state index in [4.69, 9.17) is 11.5 Å². The molecule has 37 heavy (non-hydrogen) atoms. The van der Waals surface area contributed by atoms with E-state index >= 15 is 0 Å². The first kappa shape index (κ1) is 25.3. The zero-order valence-corrected chi connectivity index (χ0v) is 19.7. The Kier molecular flexibility index (Phi) is 7.43. The van der Waals surface area contributed by atoms with Gasteiger partial charge in [-0.2, -0.15) is 5.26 Å². The Morgan fingerprint density at radius 2 is 1.81 bits per heavy atom. The van der Waals surface area contributed by atoms with Gasteiger partial charge >= 0.3 is 0 Å². The largest absolute Gasteiger partial charge is 0.383 e. The number of hydrogen-bond donors (Lipinski definition) is 4. The molecule has 0 spiro atoms. The average molecular weight is 501 g/mol. The van der Waals surface area contributed by atoms with E-state index in [0.29, 0.717) is 11.4 Å². The van der Waals surface area contributed by atoms with Gasteiger partial charge in [0, 0.05) is 29.4 Å². The number of benzene rings is 2. The summed E-state index contributed by atoms with van der Waals surface area (Å²) in [6, 6.07) is 14.0. The highest BCUT2D eigenvalue weighted by atomic mass is 19.2. The van der Waals surface area contributed by atoms with Crippen LogP contribution in [0.25, 0.3) is 11.1 Å². The molecular weight excluding hydrogens is 478 g/mol. The fourth-order valence-electron chi connectivity index (χ4n) is 3.56. The number of nitrogens with zero attached hydrogens (tertiary/aromatic N) is 4. The van der Waals surface area contributed by atoms with Crippen LogP contribution in [0.15, 0.2) is 60.9 Å². The van der Waals surface area contributed by atoms with Crippen molar-refractivity contribution in [2.45, 2.75) is 12.7 Å². The molecule has 4 aromatic rings. The zero-order valence-electron chi connectivity index (χ0n) is 19.7. The third-order valence-electron chi connectivity index (χ3n) is 5.63. The molecule has 0 amide bonds. The normalized spacial score (nSPS) is 11.5. The lowest BCUT2D eigenvalue weighted by atomic mass is 10.0. The fourth-order valence-corrected chi connectivity index (χ4v) is 3.56. The number of nitrogens with two attached hydrogens (primary N) is 2. The van der Waals surface area contributed by atoms with Gasteiger partial charge in [0.2, 0.25) is 5.78 Å². The number of anilines is 2. The molecular formula is C26H22F2N8O. The van der Waals surface area contributed by atoms with Gasteiger partial charge in [-0.1, -0.05) is 24.3 Å². The number of aromatic nitrogens is 3. The summed E-state index contributed by atoms with van der Waals surface area (Å²) in [7, 11) is 1.73. The second-order valence-corrected chi connectivity index (χ2v) is 8.04. The van der Waals surface area contributed by atoms with Crippen LogP contribution in [0.5, 0.6) is 0 Å². The Hall–Kier alpha value is -4.79. The number of carbonyl (C=O) groups is 1. The number of hydrogen-bond acceptors (Lipinski definition) is 9. The molecule has 0 aliphatic carbocycles. The van der Waals surface area contributed by atoms with E-state index in [9.17, 15) is 18.8 Å². The van der Waals surface area contributed by atoms with Gasteiger partial charge in [-0.25, -0.2) is 23.7 Å². The lowest BCUT2D eigenvalue weighted by Gasteiger charge is -2.14. The maximum Gasteiger partial charge on any atom is 0.215 e. The van der Waals surface area contributed by atoms with Crippen LogP contribution in [0.3, 0.4) is 0 Å². The maximum absolute atomic E-state index is 13.7. The van der Waals surface area contributed by atoms with Gasteiger partial charge in [0.05, 0.1) is 12.4 Å². The number of nitrogens with one attached hydrogen (secondary N) is 2. The molecule has 0 saturated carbocycles. The SMILES string of the molecule is CNC(N)c1cc(-c2ccc(CNc3ncc(C#N)nc3C(=O)c3ccc(F)c(F)c3)cc2)cnc1N. The van der Waals surface area contributed by atoms with Crippen LogP contribution in [0.2, 0.25) is 0 Å². The molecule has 2 aromatic heterocycles. The lowest BCUT2D eigenvalue weighted by Crippen LogP contribution is -2.26. The van der Waals surface area contributed by atoms with Crippen molar-refractivity contribution in [1.82, 2.24) is 20.3 Å². The Morgan fingerprint density at radius 3 is 2.49 bits per heavy atom. The van der Waals surface area contributed by atoms with Gasteiger partial charge in [0.1, 0.15) is 11.9 Å². The van der Waals surface area contributed by atoms with Crippen molar-refractivity contribution >= 4 is 17.4 Å². The molecule has 11 heteroatoms. The van der Waals surface area contributed by atoms with Crippen LogP contribution in [0, 0.1) is 23.0 Å². The smallest absolute Gasteiger partial charge is 0.215 e. The summed E-state index contributed by atoms with van der Waals surface area (Å²) in [5.74, 6) is -2.49. The number of rotatable bonds is 8. The van der Waals surface area contributed by atoms with Crippen LogP contribution in [0.1, 0.15) is 39.0 Å². The number of pyridine rings is 1. The van der Waals surface area contributed by atoms with Gasteiger partial charge in [0.15, 0.2) is 28.8 Å². The zero-order chi connectivity index (χ0) is 26.5. The number of carbonyl (C=O) groups excluding carboxylic acids is 1. The van der Waals surface area contributed by atoms with Crippen LogP contribution >= 0.6 is 0 Å². The van der Waals surface area contributed by atoms with Gasteiger partial charge < -0.3 is 22.1 Å². The van der Waals surface area contributed by atoms with Gasteiger partial charge in [0.25, 0.3) is 0 Å². The fraction of sp³-hybridized carbons (Fsp3) is 0.115. The molecule has 0 aliphatic heterocycles. The molecule has 9 nitrogen and oxygen atoms in total. The average Bonchev–Trinajstić information content (AvgIpc) is 2.93. The topological polar surface area (TPSA) is 156 Å². The molecule has 2 aromatic carbocycles. The second kappa shape index (κ2) is 10.9. The first-order chi connectivity index (χ1) is 17.8. The Bertz CT molecular complexity index is 1500. The standard InChI is InChI=1S/C26H22F2N8O/c1-32-24(30)19-8-17(12-33-25(19)31)15-4-2-14(3-5-15)11-34-26-22(36-18(10-29)13-35-26)23(37)16-6-7-20(27)21(28)9-16/h2-9,12-13,24,32H,11,30H2,1H3,(H2,31,33)(H,34,35). The molecule has 1 atom stereocenters. The van der Waals surface area contributed by atoms with Gasteiger partial charge in [-0.15, -0.1) is 0 Å².